The van der Waals surface area contributed by atoms with Crippen LogP contribution < -0.4 is 21.5 Å². The van der Waals surface area contributed by atoms with Crippen LogP contribution in [0.1, 0.15) is 78.8 Å². The fourth-order valence-corrected chi connectivity index (χ4v) is 6.44. The van der Waals surface area contributed by atoms with E-state index in [4.69, 9.17) is 40.5 Å². The van der Waals surface area contributed by atoms with Crippen molar-refractivity contribution in [1.82, 2.24) is 34.2 Å². The van der Waals surface area contributed by atoms with Crippen molar-refractivity contribution in [3.63, 3.8) is 0 Å². The zero-order valence-electron chi connectivity index (χ0n) is 46.4. The van der Waals surface area contributed by atoms with Crippen LogP contribution in [0, 0.1) is 0 Å². The average Bonchev–Trinajstić information content (AvgIpc) is 3.88. The van der Waals surface area contributed by atoms with Crippen LogP contribution in [0.15, 0.2) is 90.2 Å². The first-order chi connectivity index (χ1) is 36.8. The summed E-state index contributed by atoms with van der Waals surface area (Å²) in [5.41, 5.74) is 2.33. The van der Waals surface area contributed by atoms with Gasteiger partial charge in [0.25, 0.3) is 5.56 Å². The molecule has 2 aromatic heterocycles. The fourth-order valence-electron chi connectivity index (χ4n) is 6.44. The Morgan fingerprint density at radius 3 is 1.13 bits per heavy atom. The van der Waals surface area contributed by atoms with Crippen molar-refractivity contribution in [2.24, 2.45) is 0 Å². The predicted octanol–water partition coefficient (Wildman–Crippen LogP) is 1.55. The van der Waals surface area contributed by atoms with Gasteiger partial charge in [-0.15, -0.1) is 0 Å². The maximum Gasteiger partial charge on any atom is 0.335 e. The molecule has 5 aromatic rings. The van der Waals surface area contributed by atoms with Crippen molar-refractivity contribution >= 4 is 63.9 Å². The monoisotopic (exact) mass is 1110 g/mol. The first kappa shape index (κ1) is 71.4. The molecule has 0 saturated carbocycles. The third-order valence-corrected chi connectivity index (χ3v) is 9.40. The molecule has 3 heterocycles. The Hall–Kier alpha value is -7.57. The number of anilines is 3. The highest BCUT2D eigenvalue weighted by molar-refractivity contribution is 5.93. The number of hydrogen-bond acceptors (Lipinski definition) is 19. The van der Waals surface area contributed by atoms with E-state index in [1.165, 1.54) is 74.4 Å². The van der Waals surface area contributed by atoms with Crippen LogP contribution in [-0.4, -0.2) is 221 Å². The van der Waals surface area contributed by atoms with E-state index in [2.05, 4.69) is 30.9 Å². The van der Waals surface area contributed by atoms with Crippen molar-refractivity contribution in [2.75, 3.05) is 84.5 Å². The van der Waals surface area contributed by atoms with E-state index in [9.17, 15) is 43.8 Å². The Morgan fingerprint density at radius 1 is 0.582 bits per heavy atom. The molecule has 1 fully saturated rings. The van der Waals surface area contributed by atoms with Gasteiger partial charge in [-0.25, -0.2) is 24.4 Å². The molecule has 3 unspecified atom stereocenters. The zero-order chi connectivity index (χ0) is 60.7. The van der Waals surface area contributed by atoms with Gasteiger partial charge in [-0.2, -0.15) is 0 Å². The van der Waals surface area contributed by atoms with E-state index >= 15 is 0 Å². The molecule has 27 nitrogen and oxygen atoms in total. The molecular formula is C52H78N10O17. The highest BCUT2D eigenvalue weighted by Crippen LogP contribution is 2.30. The second-order valence-corrected chi connectivity index (χ2v) is 18.3. The molecule has 7 atom stereocenters. The minimum atomic E-state index is -1.24. The maximum absolute atomic E-state index is 11.5. The number of aromatic amines is 1. The summed E-state index contributed by atoms with van der Waals surface area (Å²) in [6.45, 7) is 11.3. The molecule has 0 radical (unpaired) electrons. The number of carbonyl (C=O) groups is 6. The number of carboxylic acids is 3. The van der Waals surface area contributed by atoms with Crippen LogP contribution in [0.3, 0.4) is 0 Å². The lowest BCUT2D eigenvalue weighted by Crippen LogP contribution is -2.33. The number of amides is 3. The van der Waals surface area contributed by atoms with Crippen molar-refractivity contribution in [1.29, 1.82) is 0 Å². The van der Waals surface area contributed by atoms with Crippen LogP contribution in [0.2, 0.25) is 0 Å². The number of carboxylic acid groups (broad SMARTS) is 3. The number of fused-ring (bicyclic) bond motifs is 1. The highest BCUT2D eigenvalue weighted by atomic mass is 16.6. The lowest BCUT2D eigenvalue weighted by molar-refractivity contribution is -0.115. The van der Waals surface area contributed by atoms with Gasteiger partial charge in [0.1, 0.15) is 18.3 Å². The Kier molecular flexibility index (Phi) is 33.7. The summed E-state index contributed by atoms with van der Waals surface area (Å²) in [5.74, 6) is -3.47. The van der Waals surface area contributed by atoms with Gasteiger partial charge in [-0.1, -0.05) is 0 Å². The number of likely N-dealkylation sites (N-methyl/N-ethyl adjacent to an activating group) is 3. The number of hydrogen-bond donors (Lipinski definition) is 13. The van der Waals surface area contributed by atoms with Crippen molar-refractivity contribution in [2.45, 2.75) is 84.4 Å². The van der Waals surface area contributed by atoms with E-state index < -0.39 is 54.6 Å². The molecule has 1 saturated heterocycles. The minimum Gasteiger partial charge on any atom is -0.478 e. The third kappa shape index (κ3) is 30.8. The normalized spacial score (nSPS) is 16.1. The van der Waals surface area contributed by atoms with Gasteiger partial charge in [0, 0.05) is 57.5 Å². The third-order valence-electron chi connectivity index (χ3n) is 9.40. The van der Waals surface area contributed by atoms with Gasteiger partial charge < -0.3 is 86.3 Å². The van der Waals surface area contributed by atoms with E-state index in [-0.39, 0.29) is 63.9 Å². The number of rotatable bonds is 14. The molecule has 1 aliphatic heterocycles. The van der Waals surface area contributed by atoms with Crippen LogP contribution in [-0.2, 0) is 19.1 Å². The number of aromatic nitrogens is 4. The Labute approximate surface area is 457 Å². The summed E-state index contributed by atoms with van der Waals surface area (Å²) in [5, 5.41) is 88.0. The summed E-state index contributed by atoms with van der Waals surface area (Å²) < 4.78 is 6.70. The lowest BCUT2D eigenvalue weighted by Gasteiger charge is -2.16. The molecule has 438 valence electrons. The first-order valence-corrected chi connectivity index (χ1v) is 24.1. The number of aliphatic hydroxyl groups is 6. The molecular weight excluding hydrogens is 1040 g/mol. The van der Waals surface area contributed by atoms with Gasteiger partial charge in [0.15, 0.2) is 17.4 Å². The van der Waals surface area contributed by atoms with Gasteiger partial charge >= 0.3 is 17.9 Å². The average molecular weight is 1120 g/mol. The Balaban J connectivity index is 0.000000929. The number of H-pyrrole nitrogens is 1. The second-order valence-electron chi connectivity index (χ2n) is 18.3. The molecule has 13 N–H and O–H groups in total. The standard InChI is InChI=1S/C10H12N4O5.3C9H9NO3.3C5H13NO/c15-1-4-6(16)7(17)10(19-4)14-3-13-5-8(14)11-2-12-9(5)18;3*1-6(11)10-8-4-2-7(3-5-8)9(12)13;3*1-5(7)4-6(2)3/h2-4,6-7,10,15-17H,1H2,(H,11,12,18);3*2-5H,1H3,(H,10,11)(H,12,13);3*5,7H,4H2,1-3H3/t4-,6+,7-,10-;;;;;;/m1....../s1. The molecule has 3 amide bonds. The van der Waals surface area contributed by atoms with Gasteiger partial charge in [-0.3, -0.25) is 23.7 Å². The lowest BCUT2D eigenvalue weighted by atomic mass is 10.1. The molecule has 79 heavy (non-hydrogen) atoms. The number of carbonyl (C=O) groups excluding carboxylic acids is 3. The minimum absolute atomic E-state index is 0.111. The molecule has 0 bridgehead atoms. The molecule has 0 aliphatic carbocycles. The van der Waals surface area contributed by atoms with Gasteiger partial charge in [-0.05, 0) is 136 Å². The first-order valence-electron chi connectivity index (χ1n) is 24.1. The van der Waals surface area contributed by atoms with Crippen LogP contribution in [0.5, 0.6) is 0 Å². The van der Waals surface area contributed by atoms with Crippen molar-refractivity contribution in [3.05, 3.63) is 112 Å². The molecule has 27 heteroatoms. The topological polar surface area (TPSA) is 403 Å². The molecule has 6 rings (SSSR count). The second kappa shape index (κ2) is 37.3. The quantitative estimate of drug-likeness (QED) is 0.0750. The molecule has 3 aromatic carbocycles. The van der Waals surface area contributed by atoms with E-state index in [0.717, 1.165) is 19.6 Å². The van der Waals surface area contributed by atoms with Crippen LogP contribution in [0.25, 0.3) is 11.2 Å². The number of nitrogens with one attached hydrogen (secondary N) is 4. The largest absolute Gasteiger partial charge is 0.478 e. The van der Waals surface area contributed by atoms with E-state index in [1.807, 2.05) is 57.0 Å². The summed E-state index contributed by atoms with van der Waals surface area (Å²) >= 11 is 0. The van der Waals surface area contributed by atoms with E-state index in [0.29, 0.717) is 17.1 Å². The van der Waals surface area contributed by atoms with E-state index in [1.54, 1.807) is 57.2 Å². The number of benzene rings is 3. The molecule has 0 spiro atoms. The fraction of sp³-hybridized carbons (Fsp3) is 0.442. The van der Waals surface area contributed by atoms with Crippen molar-refractivity contribution < 1.29 is 79.5 Å². The summed E-state index contributed by atoms with van der Waals surface area (Å²) in [7, 11) is 11.6. The predicted molar refractivity (Wildman–Crippen MR) is 295 cm³/mol. The van der Waals surface area contributed by atoms with Crippen LogP contribution in [0.4, 0.5) is 17.1 Å². The number of ether oxygens (including phenoxy) is 1. The Morgan fingerprint density at radius 2 is 0.899 bits per heavy atom. The highest BCUT2D eigenvalue weighted by Gasteiger charge is 2.44. The molecule has 1 aliphatic rings. The maximum atomic E-state index is 11.5. The number of aliphatic hydroxyl groups excluding tert-OH is 6. The SMILES string of the molecule is CC(=O)Nc1ccc(C(=O)O)cc1.CC(=O)Nc1ccc(C(=O)O)cc1.CC(=O)Nc1ccc(C(=O)O)cc1.CC(O)CN(C)C.CC(O)CN(C)C.CC(O)CN(C)C.O=c1[nH]cnc2c1ncn2[C@@H]1O[C@H](CO)[C@H](O)[C@H]1O. The van der Waals surface area contributed by atoms with Crippen molar-refractivity contribution in [3.8, 4) is 0 Å². The van der Waals surface area contributed by atoms with Gasteiger partial charge in [0.2, 0.25) is 17.7 Å². The van der Waals surface area contributed by atoms with Gasteiger partial charge in [0.05, 0.1) is 54.3 Å². The summed E-state index contributed by atoms with van der Waals surface area (Å²) in [6, 6.07) is 17.9. The number of aromatic carboxylic acids is 3. The smallest absolute Gasteiger partial charge is 0.335 e. The van der Waals surface area contributed by atoms with Crippen LogP contribution >= 0.6 is 0 Å². The number of imidazole rings is 1. The summed E-state index contributed by atoms with van der Waals surface area (Å²) in [4.78, 5) is 90.8. The number of nitrogens with zero attached hydrogens (tertiary/aromatic N) is 6. The zero-order valence-corrected chi connectivity index (χ0v) is 46.4. The summed E-state index contributed by atoms with van der Waals surface area (Å²) in [6.07, 6.45) is -2.38. The Bertz CT molecular complexity index is 2440.